The number of primary amides is 1. The Hall–Kier alpha value is -2.58. The van der Waals surface area contributed by atoms with E-state index in [0.29, 0.717) is 15.7 Å². The van der Waals surface area contributed by atoms with Gasteiger partial charge in [0.05, 0.1) is 11.5 Å². The van der Waals surface area contributed by atoms with Gasteiger partial charge >= 0.3 is 0 Å². The van der Waals surface area contributed by atoms with Gasteiger partial charge in [-0.2, -0.15) is 4.98 Å². The Balaban J connectivity index is 2.02. The average Bonchev–Trinajstić information content (AvgIpc) is 2.44. The maximum absolute atomic E-state index is 12.3. The van der Waals surface area contributed by atoms with Gasteiger partial charge < -0.3 is 16.4 Å². The molecular weight excluding hydrogens is 357 g/mol. The predicted octanol–water partition coefficient (Wildman–Crippen LogP) is 1.73. The molecule has 0 fully saturated rings. The molecule has 124 valence electrons. The summed E-state index contributed by atoms with van der Waals surface area (Å²) in [4.78, 5) is 42.1. The Morgan fingerprint density at radius 2 is 1.92 bits per heavy atom. The number of aromatic nitrogens is 2. The topological polar surface area (TPSA) is 130 Å². The predicted molar refractivity (Wildman–Crippen MR) is 89.8 cm³/mol. The molecule has 1 aliphatic heterocycles. The number of fused-ring (bicyclic) bond motifs is 1. The van der Waals surface area contributed by atoms with Crippen molar-refractivity contribution in [1.82, 2.24) is 9.97 Å². The van der Waals surface area contributed by atoms with Crippen molar-refractivity contribution in [2.24, 2.45) is 5.73 Å². The van der Waals surface area contributed by atoms with Gasteiger partial charge in [0, 0.05) is 22.2 Å². The highest BCUT2D eigenvalue weighted by atomic mass is 35.5. The number of hydrogen-bond donors (Lipinski definition) is 4. The minimum absolute atomic E-state index is 0.00516. The van der Waals surface area contributed by atoms with Crippen molar-refractivity contribution in [3.63, 3.8) is 0 Å². The van der Waals surface area contributed by atoms with Crippen LogP contribution in [0.3, 0.4) is 0 Å². The molecule has 0 aliphatic carbocycles. The van der Waals surface area contributed by atoms with E-state index in [1.807, 2.05) is 0 Å². The van der Waals surface area contributed by atoms with E-state index in [2.05, 4.69) is 20.6 Å². The van der Waals surface area contributed by atoms with Crippen LogP contribution in [0, 0.1) is 0 Å². The molecule has 3 rings (SSSR count). The van der Waals surface area contributed by atoms with E-state index in [-0.39, 0.29) is 23.8 Å². The summed E-state index contributed by atoms with van der Waals surface area (Å²) in [5, 5.41) is 6.09. The highest BCUT2D eigenvalue weighted by molar-refractivity contribution is 6.35. The van der Waals surface area contributed by atoms with Crippen LogP contribution in [-0.2, 0) is 9.59 Å². The molecule has 2 heterocycles. The third-order valence-electron chi connectivity index (χ3n) is 3.42. The Labute approximate surface area is 145 Å². The van der Waals surface area contributed by atoms with Crippen LogP contribution in [-0.4, -0.2) is 21.8 Å². The first kappa shape index (κ1) is 16.3. The average molecular weight is 368 g/mol. The van der Waals surface area contributed by atoms with E-state index in [9.17, 15) is 14.4 Å². The second kappa shape index (κ2) is 6.14. The van der Waals surface area contributed by atoms with Crippen LogP contribution in [0.25, 0.3) is 0 Å². The van der Waals surface area contributed by atoms with Crippen LogP contribution in [0.15, 0.2) is 23.0 Å². The van der Waals surface area contributed by atoms with Gasteiger partial charge in [-0.3, -0.25) is 19.4 Å². The fourth-order valence-electron chi connectivity index (χ4n) is 2.44. The molecule has 1 atom stereocenters. The number of aromatic amines is 1. The molecular formula is C14H11Cl2N5O3. The van der Waals surface area contributed by atoms with E-state index >= 15 is 0 Å². The van der Waals surface area contributed by atoms with Crippen LogP contribution in [0.1, 0.15) is 17.9 Å². The zero-order valence-electron chi connectivity index (χ0n) is 12.0. The monoisotopic (exact) mass is 367 g/mol. The van der Waals surface area contributed by atoms with E-state index in [4.69, 9.17) is 28.9 Å². The van der Waals surface area contributed by atoms with Crippen LogP contribution >= 0.6 is 23.2 Å². The van der Waals surface area contributed by atoms with Crippen molar-refractivity contribution in [1.29, 1.82) is 0 Å². The number of carbonyl (C=O) groups is 2. The number of nitrogens with zero attached hydrogens (tertiary/aromatic N) is 1. The van der Waals surface area contributed by atoms with E-state index in [1.54, 1.807) is 18.2 Å². The maximum Gasteiger partial charge on any atom is 0.258 e. The number of hydrogen-bond acceptors (Lipinski definition) is 5. The largest absolute Gasteiger partial charge is 0.369 e. The molecule has 2 aromatic rings. The number of carbonyl (C=O) groups excluding carboxylic acids is 2. The first-order valence-corrected chi connectivity index (χ1v) is 7.55. The fraction of sp³-hybridized carbons (Fsp3) is 0.143. The van der Waals surface area contributed by atoms with Gasteiger partial charge in [0.1, 0.15) is 5.82 Å². The highest BCUT2D eigenvalue weighted by Gasteiger charge is 2.33. The number of nitrogens with two attached hydrogens (primary N) is 1. The standard InChI is InChI=1S/C14H11Cl2N5O3/c15-5-1-6(16)3-7(2-5)18-14-20-12-10(13(24)21-14)8(11(17)23)4-9(22)19-12/h1-3,8H,4H2,(H2,17,23)(H3,18,19,20,21,22,24)/t8-/m1/s1. The van der Waals surface area contributed by atoms with E-state index in [1.165, 1.54) is 0 Å². The van der Waals surface area contributed by atoms with Gasteiger partial charge in [-0.05, 0) is 18.2 Å². The Kier molecular flexibility index (Phi) is 4.16. The minimum atomic E-state index is -1.01. The van der Waals surface area contributed by atoms with Crippen molar-refractivity contribution in [2.75, 3.05) is 10.6 Å². The number of amides is 2. The molecule has 0 spiro atoms. The SMILES string of the molecule is NC(=O)[C@@H]1CC(=O)Nc2nc(Nc3cc(Cl)cc(Cl)c3)[nH]c(=O)c21. The summed E-state index contributed by atoms with van der Waals surface area (Å²) < 4.78 is 0. The van der Waals surface area contributed by atoms with Gasteiger partial charge in [0.25, 0.3) is 5.56 Å². The number of anilines is 3. The lowest BCUT2D eigenvalue weighted by molar-refractivity contribution is -0.124. The smallest absolute Gasteiger partial charge is 0.258 e. The zero-order valence-corrected chi connectivity index (χ0v) is 13.5. The number of benzene rings is 1. The zero-order chi connectivity index (χ0) is 17.4. The summed E-state index contributed by atoms with van der Waals surface area (Å²) in [7, 11) is 0. The van der Waals surface area contributed by atoms with Gasteiger partial charge in [0.2, 0.25) is 17.8 Å². The van der Waals surface area contributed by atoms with Crippen LogP contribution < -0.4 is 21.9 Å². The quantitative estimate of drug-likeness (QED) is 0.656. The fourth-order valence-corrected chi connectivity index (χ4v) is 2.96. The molecule has 0 saturated heterocycles. The summed E-state index contributed by atoms with van der Waals surface area (Å²) in [5.74, 6) is -2.17. The van der Waals surface area contributed by atoms with E-state index in [0.717, 1.165) is 0 Å². The number of halogens is 2. The van der Waals surface area contributed by atoms with E-state index < -0.39 is 23.3 Å². The molecule has 0 radical (unpaired) electrons. The molecule has 8 nitrogen and oxygen atoms in total. The molecule has 2 amide bonds. The van der Waals surface area contributed by atoms with Crippen molar-refractivity contribution in [3.8, 4) is 0 Å². The first-order chi connectivity index (χ1) is 11.3. The van der Waals surface area contributed by atoms with Crippen LogP contribution in [0.5, 0.6) is 0 Å². The Morgan fingerprint density at radius 3 is 2.54 bits per heavy atom. The molecule has 5 N–H and O–H groups in total. The number of nitrogens with one attached hydrogen (secondary N) is 3. The van der Waals surface area contributed by atoms with Crippen molar-refractivity contribution in [3.05, 3.63) is 44.2 Å². The molecule has 24 heavy (non-hydrogen) atoms. The summed E-state index contributed by atoms with van der Waals surface area (Å²) in [6.07, 6.45) is -0.191. The maximum atomic E-state index is 12.3. The Morgan fingerprint density at radius 1 is 1.25 bits per heavy atom. The third kappa shape index (κ3) is 3.19. The summed E-state index contributed by atoms with van der Waals surface area (Å²) >= 11 is 11.8. The van der Waals surface area contributed by atoms with Gasteiger partial charge in [-0.1, -0.05) is 23.2 Å². The van der Waals surface area contributed by atoms with Gasteiger partial charge in [0.15, 0.2) is 0 Å². The Bertz CT molecular complexity index is 892. The second-order valence-electron chi connectivity index (χ2n) is 5.17. The lowest BCUT2D eigenvalue weighted by Gasteiger charge is -2.22. The summed E-state index contributed by atoms with van der Waals surface area (Å²) in [5.41, 5.74) is 5.22. The molecule has 10 heteroatoms. The molecule has 1 aromatic carbocycles. The second-order valence-corrected chi connectivity index (χ2v) is 6.04. The van der Waals surface area contributed by atoms with Crippen LogP contribution in [0.4, 0.5) is 17.5 Å². The number of rotatable bonds is 3. The minimum Gasteiger partial charge on any atom is -0.369 e. The first-order valence-electron chi connectivity index (χ1n) is 6.80. The molecule has 0 saturated carbocycles. The van der Waals surface area contributed by atoms with Crippen molar-refractivity contribution < 1.29 is 9.59 Å². The third-order valence-corrected chi connectivity index (χ3v) is 3.86. The molecule has 0 bridgehead atoms. The molecule has 0 unspecified atom stereocenters. The normalized spacial score (nSPS) is 16.2. The molecule has 1 aromatic heterocycles. The lowest BCUT2D eigenvalue weighted by Crippen LogP contribution is -2.36. The van der Waals surface area contributed by atoms with Crippen molar-refractivity contribution in [2.45, 2.75) is 12.3 Å². The molecule has 1 aliphatic rings. The van der Waals surface area contributed by atoms with Gasteiger partial charge in [-0.15, -0.1) is 0 Å². The summed E-state index contributed by atoms with van der Waals surface area (Å²) in [6, 6.07) is 4.71. The highest BCUT2D eigenvalue weighted by Crippen LogP contribution is 2.29. The van der Waals surface area contributed by atoms with Crippen molar-refractivity contribution >= 4 is 52.5 Å². The van der Waals surface area contributed by atoms with Gasteiger partial charge in [-0.25, -0.2) is 0 Å². The lowest BCUT2D eigenvalue weighted by atomic mass is 9.93. The number of H-pyrrole nitrogens is 1. The van der Waals surface area contributed by atoms with Crippen LogP contribution in [0.2, 0.25) is 10.0 Å². The summed E-state index contributed by atoms with van der Waals surface area (Å²) in [6.45, 7) is 0.